The summed E-state index contributed by atoms with van der Waals surface area (Å²) in [7, 11) is 3.09. The first-order chi connectivity index (χ1) is 12.8. The van der Waals surface area contributed by atoms with E-state index in [2.05, 4.69) is 9.72 Å². The standard InChI is InChI=1S/C21H20F2N2O2/c1-12(2)25(3)18-11-16-17(10-9-15(19(16)23)21(26)27-4)24-20(18)13-5-7-14(22)8-6-13/h5-12H,1-4H3. The molecule has 0 amide bonds. The number of ether oxygens (including phenoxy) is 1. The van der Waals surface area contributed by atoms with Gasteiger partial charge in [0.25, 0.3) is 0 Å². The summed E-state index contributed by atoms with van der Waals surface area (Å²) in [6, 6.07) is 10.7. The molecule has 3 rings (SSSR count). The van der Waals surface area contributed by atoms with E-state index in [0.29, 0.717) is 16.9 Å². The van der Waals surface area contributed by atoms with E-state index < -0.39 is 11.8 Å². The van der Waals surface area contributed by atoms with Gasteiger partial charge in [0.05, 0.1) is 29.6 Å². The van der Waals surface area contributed by atoms with Crippen molar-refractivity contribution in [2.24, 2.45) is 0 Å². The highest BCUT2D eigenvalue weighted by atomic mass is 19.1. The number of hydrogen-bond donors (Lipinski definition) is 0. The maximum Gasteiger partial charge on any atom is 0.340 e. The number of fused-ring (bicyclic) bond motifs is 1. The molecule has 1 aromatic heterocycles. The van der Waals surface area contributed by atoms with E-state index in [1.54, 1.807) is 24.3 Å². The van der Waals surface area contributed by atoms with E-state index in [1.165, 1.54) is 25.3 Å². The van der Waals surface area contributed by atoms with Gasteiger partial charge in [-0.1, -0.05) is 0 Å². The largest absolute Gasteiger partial charge is 0.465 e. The highest BCUT2D eigenvalue weighted by molar-refractivity contribution is 5.97. The first-order valence-corrected chi connectivity index (χ1v) is 8.53. The minimum absolute atomic E-state index is 0.121. The Morgan fingerprint density at radius 3 is 2.37 bits per heavy atom. The number of esters is 1. The Bertz CT molecular complexity index is 1000. The second-order valence-corrected chi connectivity index (χ2v) is 6.55. The minimum Gasteiger partial charge on any atom is -0.465 e. The lowest BCUT2D eigenvalue weighted by Crippen LogP contribution is -2.26. The normalized spacial score (nSPS) is 11.1. The molecule has 4 nitrogen and oxygen atoms in total. The molecule has 0 aliphatic rings. The molecule has 0 unspecified atom stereocenters. The molecule has 1 heterocycles. The molecule has 0 bridgehead atoms. The van der Waals surface area contributed by atoms with Crippen molar-refractivity contribution in [3.05, 3.63) is 59.7 Å². The Morgan fingerprint density at radius 2 is 1.78 bits per heavy atom. The van der Waals surface area contributed by atoms with E-state index >= 15 is 0 Å². The predicted molar refractivity (Wildman–Crippen MR) is 102 cm³/mol. The van der Waals surface area contributed by atoms with Gasteiger partial charge in [0.15, 0.2) is 0 Å². The predicted octanol–water partition coefficient (Wildman–Crippen LogP) is 4.81. The summed E-state index contributed by atoms with van der Waals surface area (Å²) < 4.78 is 32.9. The number of carbonyl (C=O) groups excluding carboxylic acids is 1. The van der Waals surface area contributed by atoms with Gasteiger partial charge in [-0.25, -0.2) is 18.6 Å². The third-order valence-corrected chi connectivity index (χ3v) is 4.59. The number of methoxy groups -OCH3 is 1. The van der Waals surface area contributed by atoms with Crippen LogP contribution >= 0.6 is 0 Å². The molecule has 2 aromatic carbocycles. The fourth-order valence-electron chi connectivity index (χ4n) is 2.84. The van der Waals surface area contributed by atoms with E-state index in [0.717, 1.165) is 5.56 Å². The number of anilines is 1. The summed E-state index contributed by atoms with van der Waals surface area (Å²) >= 11 is 0. The number of hydrogen-bond acceptors (Lipinski definition) is 4. The molecule has 140 valence electrons. The Labute approximate surface area is 156 Å². The van der Waals surface area contributed by atoms with Crippen LogP contribution in [0.5, 0.6) is 0 Å². The monoisotopic (exact) mass is 370 g/mol. The van der Waals surface area contributed by atoms with Crippen LogP contribution in [-0.4, -0.2) is 31.2 Å². The Kier molecular flexibility index (Phi) is 5.08. The van der Waals surface area contributed by atoms with Crippen molar-refractivity contribution in [2.45, 2.75) is 19.9 Å². The molecule has 0 radical (unpaired) electrons. The molecule has 0 saturated heterocycles. The van der Waals surface area contributed by atoms with Crippen LogP contribution in [0.3, 0.4) is 0 Å². The quantitative estimate of drug-likeness (QED) is 0.618. The molecule has 27 heavy (non-hydrogen) atoms. The van der Waals surface area contributed by atoms with E-state index in [9.17, 15) is 13.6 Å². The lowest BCUT2D eigenvalue weighted by atomic mass is 10.0. The van der Waals surface area contributed by atoms with Gasteiger partial charge in [-0.2, -0.15) is 0 Å². The Morgan fingerprint density at radius 1 is 1.11 bits per heavy atom. The SMILES string of the molecule is COC(=O)c1ccc2nc(-c3ccc(F)cc3)c(N(C)C(C)C)cc2c1F. The van der Waals surface area contributed by atoms with Gasteiger partial charge < -0.3 is 9.64 Å². The topological polar surface area (TPSA) is 42.4 Å². The smallest absolute Gasteiger partial charge is 0.340 e. The lowest BCUT2D eigenvalue weighted by Gasteiger charge is -2.26. The molecular formula is C21H20F2N2O2. The molecule has 0 saturated carbocycles. The van der Waals surface area contributed by atoms with Crippen molar-refractivity contribution in [3.63, 3.8) is 0 Å². The van der Waals surface area contributed by atoms with Crippen LogP contribution in [0.15, 0.2) is 42.5 Å². The third-order valence-electron chi connectivity index (χ3n) is 4.59. The molecule has 0 spiro atoms. The molecule has 0 fully saturated rings. The zero-order chi connectivity index (χ0) is 19.7. The van der Waals surface area contributed by atoms with Gasteiger partial charge >= 0.3 is 5.97 Å². The summed E-state index contributed by atoms with van der Waals surface area (Å²) in [5.41, 5.74) is 2.28. The maximum absolute atomic E-state index is 14.9. The van der Waals surface area contributed by atoms with Gasteiger partial charge in [0, 0.05) is 24.0 Å². The van der Waals surface area contributed by atoms with Crippen molar-refractivity contribution >= 4 is 22.6 Å². The van der Waals surface area contributed by atoms with Crippen molar-refractivity contribution in [1.82, 2.24) is 4.98 Å². The zero-order valence-corrected chi connectivity index (χ0v) is 15.6. The zero-order valence-electron chi connectivity index (χ0n) is 15.6. The molecular weight excluding hydrogens is 350 g/mol. The fourth-order valence-corrected chi connectivity index (χ4v) is 2.84. The van der Waals surface area contributed by atoms with Crippen LogP contribution in [0, 0.1) is 11.6 Å². The van der Waals surface area contributed by atoms with Gasteiger partial charge in [-0.05, 0) is 56.3 Å². The number of aromatic nitrogens is 1. The van der Waals surface area contributed by atoms with Crippen LogP contribution < -0.4 is 4.90 Å². The van der Waals surface area contributed by atoms with Crippen molar-refractivity contribution < 1.29 is 18.3 Å². The molecule has 6 heteroatoms. The number of halogens is 2. The molecule has 0 aliphatic heterocycles. The first kappa shape index (κ1) is 18.8. The Balaban J connectivity index is 2.30. The highest BCUT2D eigenvalue weighted by Gasteiger charge is 2.20. The fraction of sp³-hybridized carbons (Fsp3) is 0.238. The van der Waals surface area contributed by atoms with Crippen LogP contribution in [0.2, 0.25) is 0 Å². The second-order valence-electron chi connectivity index (χ2n) is 6.55. The van der Waals surface area contributed by atoms with Gasteiger partial charge in [0.2, 0.25) is 0 Å². The summed E-state index contributed by atoms with van der Waals surface area (Å²) in [6.45, 7) is 4.00. The maximum atomic E-state index is 14.9. The first-order valence-electron chi connectivity index (χ1n) is 8.53. The van der Waals surface area contributed by atoms with Crippen LogP contribution in [-0.2, 0) is 4.74 Å². The minimum atomic E-state index is -0.740. The summed E-state index contributed by atoms with van der Waals surface area (Å²) in [5, 5.41) is 0.228. The van der Waals surface area contributed by atoms with Crippen molar-refractivity contribution in [1.29, 1.82) is 0 Å². The molecule has 0 atom stereocenters. The van der Waals surface area contributed by atoms with E-state index in [1.807, 2.05) is 25.8 Å². The van der Waals surface area contributed by atoms with Crippen LogP contribution in [0.4, 0.5) is 14.5 Å². The number of rotatable bonds is 4. The van der Waals surface area contributed by atoms with Gasteiger partial charge in [-0.15, -0.1) is 0 Å². The summed E-state index contributed by atoms with van der Waals surface area (Å²) in [6.07, 6.45) is 0. The number of pyridine rings is 1. The summed E-state index contributed by atoms with van der Waals surface area (Å²) in [4.78, 5) is 18.4. The molecule has 3 aromatic rings. The Hall–Kier alpha value is -3.02. The number of nitrogens with zero attached hydrogens (tertiary/aromatic N) is 2. The van der Waals surface area contributed by atoms with Gasteiger partial charge in [0.1, 0.15) is 11.6 Å². The number of carbonyl (C=O) groups is 1. The van der Waals surface area contributed by atoms with E-state index in [4.69, 9.17) is 0 Å². The lowest BCUT2D eigenvalue weighted by molar-refractivity contribution is 0.0596. The summed E-state index contributed by atoms with van der Waals surface area (Å²) in [5.74, 6) is -1.75. The van der Waals surface area contributed by atoms with Crippen LogP contribution in [0.25, 0.3) is 22.2 Å². The number of benzene rings is 2. The molecule has 0 N–H and O–H groups in total. The second kappa shape index (κ2) is 7.31. The molecule has 0 aliphatic carbocycles. The van der Waals surface area contributed by atoms with E-state index in [-0.39, 0.29) is 22.8 Å². The van der Waals surface area contributed by atoms with Crippen molar-refractivity contribution in [2.75, 3.05) is 19.1 Å². The average Bonchev–Trinajstić information content (AvgIpc) is 2.67. The van der Waals surface area contributed by atoms with Crippen molar-refractivity contribution in [3.8, 4) is 11.3 Å². The van der Waals surface area contributed by atoms with Gasteiger partial charge in [-0.3, -0.25) is 0 Å². The third kappa shape index (κ3) is 3.47. The average molecular weight is 370 g/mol. The van der Waals surface area contributed by atoms with Crippen LogP contribution in [0.1, 0.15) is 24.2 Å². The highest BCUT2D eigenvalue weighted by Crippen LogP contribution is 2.34.